The van der Waals surface area contributed by atoms with Crippen molar-refractivity contribution in [3.8, 4) is 0 Å². The molecule has 1 heterocycles. The molecule has 0 amide bonds. The van der Waals surface area contributed by atoms with E-state index in [1.165, 1.54) is 47.3 Å². The first-order valence-electron chi connectivity index (χ1n) is 10.9. The minimum absolute atomic E-state index is 0.130. The summed E-state index contributed by atoms with van der Waals surface area (Å²) < 4.78 is 28.7. The lowest BCUT2D eigenvalue weighted by molar-refractivity contribution is 0.0954. The maximum Gasteiger partial charge on any atom is 0.264 e. The third kappa shape index (κ3) is 4.67. The first kappa shape index (κ1) is 22.0. The van der Waals surface area contributed by atoms with Crippen molar-refractivity contribution in [3.05, 3.63) is 90.0 Å². The van der Waals surface area contributed by atoms with Crippen molar-refractivity contribution < 1.29 is 13.2 Å². The fourth-order valence-electron chi connectivity index (χ4n) is 3.95. The van der Waals surface area contributed by atoms with E-state index in [2.05, 4.69) is 0 Å². The van der Waals surface area contributed by atoms with Crippen LogP contribution >= 0.6 is 0 Å². The molecule has 1 fully saturated rings. The van der Waals surface area contributed by atoms with Gasteiger partial charge in [-0.15, -0.1) is 0 Å². The van der Waals surface area contributed by atoms with E-state index >= 15 is 0 Å². The lowest BCUT2D eigenvalue weighted by Gasteiger charge is -2.19. The predicted molar refractivity (Wildman–Crippen MR) is 125 cm³/mol. The minimum Gasteiger partial charge on any atom is -0.269 e. The summed E-state index contributed by atoms with van der Waals surface area (Å²) in [5.41, 5.74) is 1.61. The van der Waals surface area contributed by atoms with Gasteiger partial charge in [-0.05, 0) is 61.4 Å². The Bertz CT molecular complexity index is 1240. The van der Waals surface area contributed by atoms with Gasteiger partial charge in [0.2, 0.25) is 0 Å². The van der Waals surface area contributed by atoms with Gasteiger partial charge in [0.15, 0.2) is 0 Å². The summed E-state index contributed by atoms with van der Waals surface area (Å²) in [7, 11) is -2.21. The van der Waals surface area contributed by atoms with Crippen LogP contribution in [-0.4, -0.2) is 32.0 Å². The third-order valence-electron chi connectivity index (χ3n) is 5.83. The summed E-state index contributed by atoms with van der Waals surface area (Å²) in [6.07, 6.45) is 7.38. The Hall–Kier alpha value is -3.19. The van der Waals surface area contributed by atoms with Crippen LogP contribution in [-0.2, 0) is 10.0 Å². The smallest absolute Gasteiger partial charge is 0.264 e. The number of nitrogens with zero attached hydrogens (tertiary/aromatic N) is 3. The highest BCUT2D eigenvalue weighted by molar-refractivity contribution is 7.92. The Labute approximate surface area is 188 Å². The molecule has 0 N–H and O–H groups in total. The van der Waals surface area contributed by atoms with Crippen LogP contribution in [0.1, 0.15) is 42.5 Å². The molecular formula is C25H27N3O3S. The number of aromatic nitrogens is 1. The fourth-order valence-corrected chi connectivity index (χ4v) is 5.15. The number of hydrogen-bond donors (Lipinski definition) is 0. The van der Waals surface area contributed by atoms with Crippen molar-refractivity contribution in [1.29, 1.82) is 0 Å². The van der Waals surface area contributed by atoms with Gasteiger partial charge < -0.3 is 0 Å². The van der Waals surface area contributed by atoms with Crippen LogP contribution in [0.3, 0.4) is 0 Å². The highest BCUT2D eigenvalue weighted by Gasteiger charge is 2.22. The van der Waals surface area contributed by atoms with Crippen LogP contribution in [0.4, 0.5) is 5.69 Å². The monoisotopic (exact) mass is 449 g/mol. The summed E-state index contributed by atoms with van der Waals surface area (Å²) in [5, 5.41) is 0. The van der Waals surface area contributed by atoms with Crippen LogP contribution in [0.5, 0.6) is 0 Å². The summed E-state index contributed by atoms with van der Waals surface area (Å²) in [6.45, 7) is 0. The van der Waals surface area contributed by atoms with Crippen molar-refractivity contribution in [3.63, 3.8) is 0 Å². The lowest BCUT2D eigenvalue weighted by Crippen LogP contribution is -2.29. The minimum atomic E-state index is -3.73. The van der Waals surface area contributed by atoms with E-state index in [9.17, 15) is 13.2 Å². The molecule has 0 bridgehead atoms. The third-order valence-corrected chi connectivity index (χ3v) is 7.63. The van der Waals surface area contributed by atoms with Crippen molar-refractivity contribution >= 4 is 21.6 Å². The number of carbonyl (C=O) groups is 1. The molecule has 4 rings (SSSR count). The molecule has 0 spiro atoms. The maximum absolute atomic E-state index is 13.2. The molecule has 1 aliphatic rings. The molecule has 2 aromatic carbocycles. The molecule has 1 saturated carbocycles. The SMILES string of the molecule is CN(c1ccccc1)S(=O)(=O)c1ccc(C(=O)n2ccccc2=NC2CCCCC2)cc1. The maximum atomic E-state index is 13.2. The van der Waals surface area contributed by atoms with E-state index < -0.39 is 10.0 Å². The predicted octanol–water partition coefficient (Wildman–Crippen LogP) is 4.24. The molecule has 0 atom stereocenters. The molecule has 0 aliphatic heterocycles. The molecule has 7 heteroatoms. The molecule has 0 unspecified atom stereocenters. The Morgan fingerprint density at radius 2 is 1.56 bits per heavy atom. The highest BCUT2D eigenvalue weighted by Crippen LogP contribution is 2.22. The van der Waals surface area contributed by atoms with Crippen molar-refractivity contribution in [2.45, 2.75) is 43.0 Å². The summed E-state index contributed by atoms with van der Waals surface area (Å²) in [6, 6.07) is 20.7. The van der Waals surface area contributed by atoms with E-state index in [0.29, 0.717) is 16.7 Å². The zero-order valence-electron chi connectivity index (χ0n) is 18.1. The number of anilines is 1. The molecule has 0 saturated heterocycles. The zero-order chi connectivity index (χ0) is 22.6. The van der Waals surface area contributed by atoms with Gasteiger partial charge >= 0.3 is 0 Å². The summed E-state index contributed by atoms with van der Waals surface area (Å²) in [5.74, 6) is -0.236. The molecule has 1 aliphatic carbocycles. The zero-order valence-corrected chi connectivity index (χ0v) is 18.9. The largest absolute Gasteiger partial charge is 0.269 e. The van der Waals surface area contributed by atoms with Crippen LogP contribution in [0.25, 0.3) is 0 Å². The Kier molecular flexibility index (Phi) is 6.55. The standard InChI is InChI=1S/C25H27N3O3S/c1-27(22-12-6-3-7-13-22)32(30,31)23-17-15-20(16-18-23)25(29)28-19-9-8-14-24(28)26-21-10-4-2-5-11-21/h3,6-9,12-19,21H,2,4-5,10-11H2,1H3. The Morgan fingerprint density at radius 1 is 0.906 bits per heavy atom. The number of sulfonamides is 1. The number of pyridine rings is 1. The first-order chi connectivity index (χ1) is 15.5. The molecule has 0 radical (unpaired) electrons. The van der Waals surface area contributed by atoms with Gasteiger partial charge in [-0.25, -0.2) is 8.42 Å². The van der Waals surface area contributed by atoms with Gasteiger partial charge in [-0.2, -0.15) is 0 Å². The fraction of sp³-hybridized carbons (Fsp3) is 0.280. The van der Waals surface area contributed by atoms with E-state index in [0.717, 1.165) is 12.8 Å². The van der Waals surface area contributed by atoms with Gasteiger partial charge in [0.1, 0.15) is 5.49 Å². The average Bonchev–Trinajstić information content (AvgIpc) is 2.85. The molecule has 6 nitrogen and oxygen atoms in total. The van der Waals surface area contributed by atoms with Crippen LogP contribution in [0, 0.1) is 0 Å². The van der Waals surface area contributed by atoms with Gasteiger partial charge in [0, 0.05) is 18.8 Å². The number of benzene rings is 2. The molecule has 166 valence electrons. The molecule has 3 aromatic rings. The number of rotatable bonds is 5. The van der Waals surface area contributed by atoms with E-state index in [1.807, 2.05) is 18.2 Å². The first-order valence-corrected chi connectivity index (χ1v) is 12.3. The van der Waals surface area contributed by atoms with E-state index in [1.54, 1.807) is 48.7 Å². The van der Waals surface area contributed by atoms with Gasteiger partial charge in [0.05, 0.1) is 16.6 Å². The normalized spacial score (nSPS) is 15.5. The van der Waals surface area contributed by atoms with Crippen molar-refractivity contribution in [1.82, 2.24) is 4.57 Å². The highest BCUT2D eigenvalue weighted by atomic mass is 32.2. The van der Waals surface area contributed by atoms with Crippen LogP contribution in [0.2, 0.25) is 0 Å². The van der Waals surface area contributed by atoms with Gasteiger partial charge in [0.25, 0.3) is 15.9 Å². The van der Waals surface area contributed by atoms with Crippen LogP contribution < -0.4 is 9.79 Å². The second kappa shape index (κ2) is 9.53. The number of hydrogen-bond acceptors (Lipinski definition) is 4. The van der Waals surface area contributed by atoms with Crippen molar-refractivity contribution in [2.75, 3.05) is 11.4 Å². The topological polar surface area (TPSA) is 71.7 Å². The van der Waals surface area contributed by atoms with Crippen LogP contribution in [0.15, 0.2) is 88.9 Å². The summed E-state index contributed by atoms with van der Waals surface area (Å²) >= 11 is 0. The van der Waals surface area contributed by atoms with E-state index in [4.69, 9.17) is 4.99 Å². The molecule has 1 aromatic heterocycles. The molecular weight excluding hydrogens is 422 g/mol. The van der Waals surface area contributed by atoms with E-state index in [-0.39, 0.29) is 16.8 Å². The number of carbonyl (C=O) groups excluding carboxylic acids is 1. The number of para-hydroxylation sites is 1. The average molecular weight is 450 g/mol. The van der Waals surface area contributed by atoms with Gasteiger partial charge in [-0.3, -0.25) is 18.7 Å². The molecule has 32 heavy (non-hydrogen) atoms. The van der Waals surface area contributed by atoms with Gasteiger partial charge in [-0.1, -0.05) is 43.5 Å². The summed E-state index contributed by atoms with van der Waals surface area (Å²) in [4.78, 5) is 18.1. The van der Waals surface area contributed by atoms with Crippen molar-refractivity contribution in [2.24, 2.45) is 4.99 Å². The second-order valence-corrected chi connectivity index (χ2v) is 9.96. The second-order valence-electron chi connectivity index (χ2n) is 7.99. The Balaban J connectivity index is 1.60. The lowest BCUT2D eigenvalue weighted by atomic mass is 9.96. The Morgan fingerprint density at radius 3 is 2.25 bits per heavy atom. The quantitative estimate of drug-likeness (QED) is 0.585.